The number of nitrogens with zero attached hydrogens (tertiary/aromatic N) is 2. The van der Waals surface area contributed by atoms with Gasteiger partial charge in [-0.2, -0.15) is 0 Å². The summed E-state index contributed by atoms with van der Waals surface area (Å²) in [6.45, 7) is 0. The van der Waals surface area contributed by atoms with Gasteiger partial charge in [0.15, 0.2) is 0 Å². The number of hydrogen-bond acceptors (Lipinski definition) is 6. The van der Waals surface area contributed by atoms with Gasteiger partial charge in [-0.25, -0.2) is 0 Å². The van der Waals surface area contributed by atoms with E-state index < -0.39 is 0 Å². The van der Waals surface area contributed by atoms with Crippen molar-refractivity contribution < 1.29 is 20.6 Å². The van der Waals surface area contributed by atoms with Crippen LogP contribution in [0.25, 0.3) is 0 Å². The Morgan fingerprint density at radius 2 is 0.692 bits per heavy atom. The van der Waals surface area contributed by atoms with Gasteiger partial charge < -0.3 is 20.6 Å². The molecular formula is C20H16N2O4. The van der Waals surface area contributed by atoms with Crippen molar-refractivity contribution >= 4 is 11.4 Å². The second-order valence-corrected chi connectivity index (χ2v) is 5.57. The van der Waals surface area contributed by atoms with Gasteiger partial charge in [-0.05, 0) is 48.5 Å². The van der Waals surface area contributed by atoms with Gasteiger partial charge in [0, 0.05) is 22.3 Å². The van der Waals surface area contributed by atoms with E-state index in [0.29, 0.717) is 33.7 Å². The maximum Gasteiger partial charge on any atom is 0.117 e. The molecule has 0 saturated heterocycles. The van der Waals surface area contributed by atoms with Crippen LogP contribution in [0.3, 0.4) is 0 Å². The Labute approximate surface area is 149 Å². The highest BCUT2D eigenvalue weighted by Gasteiger charge is 2.11. The minimum atomic E-state index is 0.124. The van der Waals surface area contributed by atoms with Crippen LogP contribution in [0.15, 0.2) is 83.1 Å². The van der Waals surface area contributed by atoms with Gasteiger partial charge in [0.05, 0.1) is 0 Å². The molecule has 0 aliphatic heterocycles. The van der Waals surface area contributed by atoms with Crippen molar-refractivity contribution in [2.24, 2.45) is 10.3 Å². The Morgan fingerprint density at radius 1 is 0.462 bits per heavy atom. The van der Waals surface area contributed by atoms with Crippen LogP contribution in [0.4, 0.5) is 0 Å². The van der Waals surface area contributed by atoms with E-state index in [9.17, 15) is 20.6 Å². The van der Waals surface area contributed by atoms with Crippen LogP contribution in [-0.4, -0.2) is 32.1 Å². The highest BCUT2D eigenvalue weighted by atomic mass is 16.4. The minimum Gasteiger partial charge on any atom is -0.508 e. The van der Waals surface area contributed by atoms with E-state index >= 15 is 0 Å². The maximum atomic E-state index is 9.38. The number of aromatic hydroxyl groups is 2. The lowest BCUT2D eigenvalue weighted by Crippen LogP contribution is -2.06. The molecule has 0 fully saturated rings. The summed E-state index contributed by atoms with van der Waals surface area (Å²) in [7, 11) is 0. The molecule has 6 heteroatoms. The summed E-state index contributed by atoms with van der Waals surface area (Å²) >= 11 is 0. The number of hydrogen-bond donors (Lipinski definition) is 4. The minimum absolute atomic E-state index is 0.124. The molecule has 0 saturated carbocycles. The van der Waals surface area contributed by atoms with E-state index in [-0.39, 0.29) is 11.5 Å². The first-order valence-electron chi connectivity index (χ1n) is 7.76. The third-order valence-corrected chi connectivity index (χ3v) is 3.91. The number of benzene rings is 3. The monoisotopic (exact) mass is 348 g/mol. The first-order valence-corrected chi connectivity index (χ1v) is 7.76. The zero-order valence-electron chi connectivity index (χ0n) is 13.6. The predicted octanol–water partition coefficient (Wildman–Crippen LogP) is 3.55. The topological polar surface area (TPSA) is 106 Å². The molecule has 0 atom stereocenters. The second-order valence-electron chi connectivity index (χ2n) is 5.57. The smallest absolute Gasteiger partial charge is 0.117 e. The van der Waals surface area contributed by atoms with E-state index in [2.05, 4.69) is 10.3 Å². The first kappa shape index (κ1) is 17.0. The van der Waals surface area contributed by atoms with E-state index in [1.54, 1.807) is 48.5 Å². The van der Waals surface area contributed by atoms with Crippen LogP contribution < -0.4 is 0 Å². The molecule has 3 aromatic carbocycles. The Bertz CT molecular complexity index is 864. The SMILES string of the molecule is O/N=C(/c1ccc(O)cc1)c1ccc(/C(=N\O)c2ccc(O)cc2)cc1. The molecule has 130 valence electrons. The molecule has 26 heavy (non-hydrogen) atoms. The molecule has 6 nitrogen and oxygen atoms in total. The molecule has 0 bridgehead atoms. The van der Waals surface area contributed by atoms with Gasteiger partial charge >= 0.3 is 0 Å². The van der Waals surface area contributed by atoms with Crippen molar-refractivity contribution in [3.63, 3.8) is 0 Å². The maximum absolute atomic E-state index is 9.38. The van der Waals surface area contributed by atoms with E-state index in [4.69, 9.17) is 0 Å². The van der Waals surface area contributed by atoms with Crippen molar-refractivity contribution in [1.82, 2.24) is 0 Å². The zero-order chi connectivity index (χ0) is 18.5. The van der Waals surface area contributed by atoms with Crippen LogP contribution in [0.2, 0.25) is 0 Å². The summed E-state index contributed by atoms with van der Waals surface area (Å²) in [6.07, 6.45) is 0. The fourth-order valence-corrected chi connectivity index (χ4v) is 2.59. The van der Waals surface area contributed by atoms with E-state index in [1.807, 2.05) is 0 Å². The summed E-state index contributed by atoms with van der Waals surface area (Å²) in [6, 6.07) is 19.6. The van der Waals surface area contributed by atoms with Crippen molar-refractivity contribution in [3.8, 4) is 11.5 Å². The summed E-state index contributed by atoms with van der Waals surface area (Å²) in [4.78, 5) is 0. The molecule has 0 aliphatic carbocycles. The average molecular weight is 348 g/mol. The summed E-state index contributed by atoms with van der Waals surface area (Å²) in [5.74, 6) is 0.248. The van der Waals surface area contributed by atoms with Gasteiger partial charge in [0.25, 0.3) is 0 Å². The van der Waals surface area contributed by atoms with Gasteiger partial charge in [-0.1, -0.05) is 34.6 Å². The van der Waals surface area contributed by atoms with Gasteiger partial charge in [-0.15, -0.1) is 0 Å². The van der Waals surface area contributed by atoms with Crippen molar-refractivity contribution in [3.05, 3.63) is 95.1 Å². The second kappa shape index (κ2) is 7.40. The van der Waals surface area contributed by atoms with E-state index in [0.717, 1.165) is 0 Å². The molecule has 3 aromatic rings. The number of oxime groups is 2. The van der Waals surface area contributed by atoms with Crippen molar-refractivity contribution in [1.29, 1.82) is 0 Å². The molecular weight excluding hydrogens is 332 g/mol. The van der Waals surface area contributed by atoms with Crippen LogP contribution in [0.1, 0.15) is 22.3 Å². The van der Waals surface area contributed by atoms with Crippen LogP contribution in [0.5, 0.6) is 11.5 Å². The molecule has 4 N–H and O–H groups in total. The molecule has 0 spiro atoms. The third-order valence-electron chi connectivity index (χ3n) is 3.91. The van der Waals surface area contributed by atoms with E-state index in [1.165, 1.54) is 24.3 Å². The lowest BCUT2D eigenvalue weighted by atomic mass is 9.97. The standard InChI is InChI=1S/C20H16N2O4/c23-17-9-5-15(6-10-17)19(21-25)13-1-2-14(4-3-13)20(22-26)16-7-11-18(24)12-8-16/h1-12,23-26H/b21-19+,22-20+. The van der Waals surface area contributed by atoms with Crippen LogP contribution >= 0.6 is 0 Å². The molecule has 0 unspecified atom stereocenters. The quantitative estimate of drug-likeness (QED) is 0.329. The van der Waals surface area contributed by atoms with Crippen LogP contribution in [0, 0.1) is 0 Å². The highest BCUT2D eigenvalue weighted by Crippen LogP contribution is 2.18. The molecule has 0 aliphatic rings. The lowest BCUT2D eigenvalue weighted by Gasteiger charge is -2.08. The highest BCUT2D eigenvalue weighted by molar-refractivity contribution is 6.15. The number of phenols is 2. The molecule has 0 radical (unpaired) electrons. The fraction of sp³-hybridized carbons (Fsp3) is 0. The Kier molecular flexibility index (Phi) is 4.85. The number of rotatable bonds is 4. The summed E-state index contributed by atoms with van der Waals surface area (Å²) < 4.78 is 0. The molecule has 0 amide bonds. The Morgan fingerprint density at radius 3 is 0.923 bits per heavy atom. The van der Waals surface area contributed by atoms with Crippen LogP contribution in [-0.2, 0) is 0 Å². The fourth-order valence-electron chi connectivity index (χ4n) is 2.59. The molecule has 0 aromatic heterocycles. The summed E-state index contributed by atoms with van der Waals surface area (Å²) in [5.41, 5.74) is 3.31. The van der Waals surface area contributed by atoms with Crippen molar-refractivity contribution in [2.45, 2.75) is 0 Å². The van der Waals surface area contributed by atoms with Gasteiger partial charge in [-0.3, -0.25) is 0 Å². The first-order chi connectivity index (χ1) is 12.6. The molecule has 0 heterocycles. The summed E-state index contributed by atoms with van der Waals surface area (Å²) in [5, 5.41) is 44.2. The van der Waals surface area contributed by atoms with Gasteiger partial charge in [0.1, 0.15) is 22.9 Å². The molecule has 3 rings (SSSR count). The zero-order valence-corrected chi connectivity index (χ0v) is 13.6. The predicted molar refractivity (Wildman–Crippen MR) is 97.5 cm³/mol. The Balaban J connectivity index is 1.92. The number of phenolic OH excluding ortho intramolecular Hbond substituents is 2. The normalized spacial score (nSPS) is 12.2. The van der Waals surface area contributed by atoms with Crippen molar-refractivity contribution in [2.75, 3.05) is 0 Å². The Hall–Kier alpha value is -3.80. The third kappa shape index (κ3) is 3.49. The largest absolute Gasteiger partial charge is 0.508 e. The lowest BCUT2D eigenvalue weighted by molar-refractivity contribution is 0.319. The average Bonchev–Trinajstić information content (AvgIpc) is 2.67. The van der Waals surface area contributed by atoms with Gasteiger partial charge in [0.2, 0.25) is 0 Å².